The van der Waals surface area contributed by atoms with Gasteiger partial charge in [-0.25, -0.2) is 0 Å². The van der Waals surface area contributed by atoms with Gasteiger partial charge in [-0.3, -0.25) is 9.11 Å². The van der Waals surface area contributed by atoms with Crippen molar-refractivity contribution >= 4 is 26.3 Å². The van der Waals surface area contributed by atoms with E-state index in [4.69, 9.17) is 9.11 Å². The van der Waals surface area contributed by atoms with Crippen molar-refractivity contribution in [3.05, 3.63) is 29.8 Å². The highest BCUT2D eigenvalue weighted by Crippen LogP contribution is 2.26. The van der Waals surface area contributed by atoms with Gasteiger partial charge in [-0.15, -0.1) is 0 Å². The first-order chi connectivity index (χ1) is 8.11. The molecule has 8 heteroatoms. The molecule has 0 aromatic heterocycles. The van der Waals surface area contributed by atoms with Gasteiger partial charge in [-0.1, -0.05) is 19.6 Å². The molecule has 0 aliphatic rings. The van der Waals surface area contributed by atoms with Crippen LogP contribution in [0.5, 0.6) is 0 Å². The molecular formula is C10H12O6S2. The number of hydrogen-bond acceptors (Lipinski definition) is 4. The topological polar surface area (TPSA) is 109 Å². The second kappa shape index (κ2) is 4.81. The highest BCUT2D eigenvalue weighted by atomic mass is 32.2. The number of hydrogen-bond donors (Lipinski definition) is 2. The molecule has 0 aliphatic heterocycles. The highest BCUT2D eigenvalue weighted by molar-refractivity contribution is 7.86. The van der Waals surface area contributed by atoms with Crippen LogP contribution in [0.15, 0.2) is 28.5 Å². The van der Waals surface area contributed by atoms with E-state index < -0.39 is 30.0 Å². The molecule has 0 fully saturated rings. The maximum atomic E-state index is 11.2. The molecule has 0 saturated carbocycles. The van der Waals surface area contributed by atoms with Gasteiger partial charge in [-0.2, -0.15) is 16.8 Å². The number of benzene rings is 1. The fraction of sp³-hybridized carbons (Fsp3) is 0.200. The van der Waals surface area contributed by atoms with Gasteiger partial charge in [0.2, 0.25) is 0 Å². The predicted octanol–water partition coefficient (Wildman–Crippen LogP) is 1.39. The van der Waals surface area contributed by atoms with Crippen LogP contribution in [0.3, 0.4) is 0 Å². The summed E-state index contributed by atoms with van der Waals surface area (Å²) in [7, 11) is -9.16. The maximum absolute atomic E-state index is 11.2. The molecule has 0 amide bonds. The van der Waals surface area contributed by atoms with Crippen molar-refractivity contribution in [3.63, 3.8) is 0 Å². The first-order valence-electron chi connectivity index (χ1n) is 4.85. The van der Waals surface area contributed by atoms with Crippen molar-refractivity contribution in [2.75, 3.05) is 0 Å². The van der Waals surface area contributed by atoms with E-state index >= 15 is 0 Å². The molecule has 1 aromatic rings. The summed E-state index contributed by atoms with van der Waals surface area (Å²) in [6, 6.07) is 1.84. The Morgan fingerprint density at radius 1 is 1.17 bits per heavy atom. The van der Waals surface area contributed by atoms with E-state index in [1.807, 2.05) is 0 Å². The summed E-state index contributed by atoms with van der Waals surface area (Å²) < 4.78 is 62.4. The van der Waals surface area contributed by atoms with E-state index in [0.717, 1.165) is 6.07 Å². The Bertz CT molecular complexity index is 685. The summed E-state index contributed by atoms with van der Waals surface area (Å²) in [6.07, 6.45) is 1.52. The van der Waals surface area contributed by atoms with Crippen LogP contribution >= 0.6 is 0 Å². The van der Waals surface area contributed by atoms with Crippen molar-refractivity contribution in [3.8, 4) is 0 Å². The molecule has 0 saturated heterocycles. The molecule has 0 spiro atoms. The van der Waals surface area contributed by atoms with Crippen LogP contribution in [0.25, 0.3) is 6.08 Å². The summed E-state index contributed by atoms with van der Waals surface area (Å²) in [5.41, 5.74) is 0.458. The zero-order valence-electron chi connectivity index (χ0n) is 9.49. The lowest BCUT2D eigenvalue weighted by molar-refractivity contribution is 0.480. The van der Waals surface area contributed by atoms with Crippen molar-refractivity contribution in [2.24, 2.45) is 0 Å². The molecule has 100 valence electrons. The van der Waals surface area contributed by atoms with Gasteiger partial charge in [0.05, 0.1) is 4.90 Å². The fourth-order valence-corrected chi connectivity index (χ4v) is 2.94. The minimum atomic E-state index is -4.61. The lowest BCUT2D eigenvalue weighted by atomic mass is 10.1. The summed E-state index contributed by atoms with van der Waals surface area (Å²) in [6.45, 7) is 5.09. The summed E-state index contributed by atoms with van der Waals surface area (Å²) in [4.78, 5) is -1.18. The van der Waals surface area contributed by atoms with Gasteiger partial charge in [0.25, 0.3) is 20.2 Å². The molecular weight excluding hydrogens is 280 g/mol. The first-order valence-corrected chi connectivity index (χ1v) is 7.73. The Kier molecular flexibility index (Phi) is 3.96. The maximum Gasteiger partial charge on any atom is 0.295 e. The van der Waals surface area contributed by atoms with E-state index in [0.29, 0.717) is 18.1 Å². The summed E-state index contributed by atoms with van der Waals surface area (Å²) in [5, 5.41) is 0. The third kappa shape index (κ3) is 2.96. The van der Waals surface area contributed by atoms with E-state index in [9.17, 15) is 16.8 Å². The van der Waals surface area contributed by atoms with Crippen LogP contribution in [0.4, 0.5) is 0 Å². The molecule has 0 unspecified atom stereocenters. The Balaban J connectivity index is 3.84. The average molecular weight is 292 g/mol. The predicted molar refractivity (Wildman–Crippen MR) is 65.5 cm³/mol. The zero-order valence-corrected chi connectivity index (χ0v) is 11.1. The second-order valence-electron chi connectivity index (χ2n) is 3.50. The van der Waals surface area contributed by atoms with Gasteiger partial charge >= 0.3 is 0 Å². The SMILES string of the molecule is C=Cc1c(CC)cc(S(=O)(=O)O)cc1S(=O)(=O)O. The Morgan fingerprint density at radius 2 is 1.72 bits per heavy atom. The molecule has 18 heavy (non-hydrogen) atoms. The largest absolute Gasteiger partial charge is 0.295 e. The van der Waals surface area contributed by atoms with E-state index in [1.54, 1.807) is 6.92 Å². The molecule has 0 heterocycles. The Morgan fingerprint density at radius 3 is 2.06 bits per heavy atom. The number of rotatable bonds is 4. The standard InChI is InChI=1S/C10H12O6S2/c1-3-7-5-8(17(11,12)13)6-10(9(7)4-2)18(14,15)16/h4-6H,2-3H2,1H3,(H,11,12,13)(H,14,15,16). The van der Waals surface area contributed by atoms with Crippen LogP contribution in [-0.2, 0) is 26.7 Å². The molecule has 0 bridgehead atoms. The molecule has 0 atom stereocenters. The van der Waals surface area contributed by atoms with Crippen LogP contribution in [0.2, 0.25) is 0 Å². The lowest BCUT2D eigenvalue weighted by Gasteiger charge is -2.10. The molecule has 1 rings (SSSR count). The van der Waals surface area contributed by atoms with Gasteiger partial charge in [0.1, 0.15) is 4.90 Å². The van der Waals surface area contributed by atoms with Gasteiger partial charge < -0.3 is 0 Å². The quantitative estimate of drug-likeness (QED) is 0.812. The van der Waals surface area contributed by atoms with Gasteiger partial charge in [0.15, 0.2) is 0 Å². The van der Waals surface area contributed by atoms with Crippen molar-refractivity contribution < 1.29 is 25.9 Å². The monoisotopic (exact) mass is 292 g/mol. The summed E-state index contributed by atoms with van der Waals surface area (Å²) in [5.74, 6) is 0. The third-order valence-electron chi connectivity index (χ3n) is 2.36. The average Bonchev–Trinajstić information content (AvgIpc) is 2.24. The van der Waals surface area contributed by atoms with E-state index in [2.05, 4.69) is 6.58 Å². The van der Waals surface area contributed by atoms with Crippen LogP contribution in [0, 0.1) is 0 Å². The second-order valence-corrected chi connectivity index (χ2v) is 6.31. The van der Waals surface area contributed by atoms with Crippen molar-refractivity contribution in [2.45, 2.75) is 23.1 Å². The first kappa shape index (κ1) is 14.8. The minimum Gasteiger partial charge on any atom is -0.282 e. The highest BCUT2D eigenvalue weighted by Gasteiger charge is 2.21. The normalized spacial score (nSPS) is 12.4. The molecule has 2 N–H and O–H groups in total. The van der Waals surface area contributed by atoms with Crippen molar-refractivity contribution in [1.82, 2.24) is 0 Å². The van der Waals surface area contributed by atoms with E-state index in [-0.39, 0.29) is 5.56 Å². The molecule has 0 aliphatic carbocycles. The molecule has 6 nitrogen and oxygen atoms in total. The third-order valence-corrected chi connectivity index (χ3v) is 4.09. The zero-order chi connectivity index (χ0) is 14.1. The smallest absolute Gasteiger partial charge is 0.282 e. The number of aryl methyl sites for hydroxylation is 1. The van der Waals surface area contributed by atoms with Crippen molar-refractivity contribution in [1.29, 1.82) is 0 Å². The van der Waals surface area contributed by atoms with Gasteiger partial charge in [-0.05, 0) is 29.7 Å². The molecule has 1 aromatic carbocycles. The van der Waals surface area contributed by atoms with E-state index in [1.165, 1.54) is 6.08 Å². The van der Waals surface area contributed by atoms with Crippen LogP contribution in [0.1, 0.15) is 18.1 Å². The fourth-order valence-electron chi connectivity index (χ4n) is 1.54. The van der Waals surface area contributed by atoms with Crippen LogP contribution in [-0.4, -0.2) is 25.9 Å². The van der Waals surface area contributed by atoms with Gasteiger partial charge in [0, 0.05) is 0 Å². The molecule has 0 radical (unpaired) electrons. The minimum absolute atomic E-state index is 0.118. The summed E-state index contributed by atoms with van der Waals surface area (Å²) >= 11 is 0. The Hall–Kier alpha value is -1.22. The van der Waals surface area contributed by atoms with Crippen LogP contribution < -0.4 is 0 Å². The lowest BCUT2D eigenvalue weighted by Crippen LogP contribution is -2.07. The Labute approximate surface area is 105 Å².